The molecule has 0 saturated carbocycles. The fourth-order valence-electron chi connectivity index (χ4n) is 0. The molecule has 0 radical (unpaired) electrons. The minimum atomic E-state index is -1.33. The first-order valence-corrected chi connectivity index (χ1v) is 1.74. The fraction of sp³-hybridized carbons (Fsp3) is 0.667. The molecule has 0 fully saturated rings. The second-order valence-corrected chi connectivity index (χ2v) is 0.654. The highest BCUT2D eigenvalue weighted by molar-refractivity contribution is 5.61. The minimum Gasteiger partial charge on any atom is -0.465 e. The van der Waals surface area contributed by atoms with E-state index in [1.165, 1.54) is 0 Å². The number of amides is 1. The summed E-state index contributed by atoms with van der Waals surface area (Å²) in [5, 5.41) is 14.8. The SMILES string of the molecule is CCO.NC(=O)O. The largest absolute Gasteiger partial charge is 0.465 e. The van der Waals surface area contributed by atoms with Crippen LogP contribution in [0, 0.1) is 0 Å². The molecule has 4 N–H and O–H groups in total. The number of rotatable bonds is 0. The highest BCUT2D eigenvalue weighted by Crippen LogP contribution is 1.34. The summed E-state index contributed by atoms with van der Waals surface area (Å²) >= 11 is 0. The maximum Gasteiger partial charge on any atom is 0.402 e. The third-order valence-corrected chi connectivity index (χ3v) is 0. The van der Waals surface area contributed by atoms with E-state index in [4.69, 9.17) is 15.0 Å². The van der Waals surface area contributed by atoms with E-state index in [1.54, 1.807) is 6.92 Å². The molecular weight excluding hydrogens is 98.0 g/mol. The van der Waals surface area contributed by atoms with Gasteiger partial charge in [0.15, 0.2) is 0 Å². The number of hydrogen-bond donors (Lipinski definition) is 3. The van der Waals surface area contributed by atoms with Crippen molar-refractivity contribution in [2.24, 2.45) is 5.73 Å². The van der Waals surface area contributed by atoms with Crippen LogP contribution in [0.25, 0.3) is 0 Å². The normalized spacial score (nSPS) is 6.00. The molecule has 0 unspecified atom stereocenters. The van der Waals surface area contributed by atoms with E-state index in [2.05, 4.69) is 5.73 Å². The number of aliphatic hydroxyl groups is 1. The van der Waals surface area contributed by atoms with Gasteiger partial charge in [0.1, 0.15) is 0 Å². The van der Waals surface area contributed by atoms with Gasteiger partial charge in [0.25, 0.3) is 0 Å². The zero-order chi connectivity index (χ0) is 6.28. The molecule has 0 rings (SSSR count). The van der Waals surface area contributed by atoms with Gasteiger partial charge >= 0.3 is 6.09 Å². The Hall–Kier alpha value is -0.770. The van der Waals surface area contributed by atoms with Gasteiger partial charge in [-0.15, -0.1) is 0 Å². The molecule has 0 spiro atoms. The molecule has 7 heavy (non-hydrogen) atoms. The van der Waals surface area contributed by atoms with E-state index < -0.39 is 6.09 Å². The zero-order valence-electron chi connectivity index (χ0n) is 4.09. The standard InChI is InChI=1S/C2H6O.CH3NO2/c1-2-3;2-1(3)4/h3H,2H2,1H3;2H2,(H,3,4). The molecule has 0 aliphatic carbocycles. The van der Waals surface area contributed by atoms with Crippen molar-refractivity contribution in [3.05, 3.63) is 0 Å². The summed E-state index contributed by atoms with van der Waals surface area (Å²) in [6, 6.07) is 0. The predicted octanol–water partition coefficient (Wildman–Crippen LogP) is -0.378. The van der Waals surface area contributed by atoms with E-state index in [1.807, 2.05) is 0 Å². The summed E-state index contributed by atoms with van der Waals surface area (Å²) in [5.74, 6) is 0. The monoisotopic (exact) mass is 107 g/mol. The molecule has 0 heterocycles. The van der Waals surface area contributed by atoms with Crippen molar-refractivity contribution in [1.82, 2.24) is 0 Å². The second kappa shape index (κ2) is 8.97. The molecule has 1 amide bonds. The van der Waals surface area contributed by atoms with E-state index in [9.17, 15) is 0 Å². The molecule has 4 nitrogen and oxygen atoms in total. The van der Waals surface area contributed by atoms with E-state index in [0.717, 1.165) is 0 Å². The molecule has 0 aromatic carbocycles. The molecule has 4 heteroatoms. The Morgan fingerprint density at radius 1 is 1.86 bits per heavy atom. The van der Waals surface area contributed by atoms with Gasteiger partial charge in [-0.25, -0.2) is 4.79 Å². The lowest BCUT2D eigenvalue weighted by atomic mass is 10.9. The van der Waals surface area contributed by atoms with Crippen LogP contribution in [0.3, 0.4) is 0 Å². The molecule has 0 saturated heterocycles. The summed E-state index contributed by atoms with van der Waals surface area (Å²) in [5.41, 5.74) is 4.03. The average molecular weight is 107 g/mol. The molecular formula is C3H9NO3. The summed E-state index contributed by atoms with van der Waals surface area (Å²) in [6.07, 6.45) is -1.33. The Bertz CT molecular complexity index is 41.4. The van der Waals surface area contributed by atoms with Gasteiger partial charge in [-0.3, -0.25) is 0 Å². The Balaban J connectivity index is 0. The first-order chi connectivity index (χ1) is 3.15. The molecule has 0 aromatic rings. The van der Waals surface area contributed by atoms with E-state index in [0.29, 0.717) is 0 Å². The fourth-order valence-corrected chi connectivity index (χ4v) is 0. The molecule has 0 aliphatic rings. The Kier molecular flexibility index (Phi) is 12.2. The van der Waals surface area contributed by atoms with Crippen LogP contribution < -0.4 is 5.73 Å². The van der Waals surface area contributed by atoms with E-state index in [-0.39, 0.29) is 6.61 Å². The zero-order valence-corrected chi connectivity index (χ0v) is 4.09. The minimum absolute atomic E-state index is 0.250. The van der Waals surface area contributed by atoms with Crippen LogP contribution in [0.15, 0.2) is 0 Å². The molecule has 44 valence electrons. The van der Waals surface area contributed by atoms with Gasteiger partial charge in [-0.1, -0.05) is 0 Å². The molecule has 0 aromatic heterocycles. The number of aliphatic hydroxyl groups excluding tert-OH is 1. The highest BCUT2D eigenvalue weighted by Gasteiger charge is 1.65. The summed E-state index contributed by atoms with van der Waals surface area (Å²) in [6.45, 7) is 1.93. The maximum atomic E-state index is 8.78. The molecule has 0 bridgehead atoms. The Labute approximate surface area is 41.6 Å². The van der Waals surface area contributed by atoms with Crippen molar-refractivity contribution in [2.45, 2.75) is 6.92 Å². The van der Waals surface area contributed by atoms with Gasteiger partial charge < -0.3 is 15.9 Å². The molecule has 0 aliphatic heterocycles. The number of primary amides is 1. The van der Waals surface area contributed by atoms with Crippen LogP contribution in [0.1, 0.15) is 6.92 Å². The third-order valence-electron chi connectivity index (χ3n) is 0. The van der Waals surface area contributed by atoms with Crippen molar-refractivity contribution in [1.29, 1.82) is 0 Å². The summed E-state index contributed by atoms with van der Waals surface area (Å²) in [7, 11) is 0. The number of nitrogens with two attached hydrogens (primary N) is 1. The van der Waals surface area contributed by atoms with Gasteiger partial charge in [-0.2, -0.15) is 0 Å². The smallest absolute Gasteiger partial charge is 0.402 e. The lowest BCUT2D eigenvalue weighted by molar-refractivity contribution is 0.205. The number of hydrogen-bond acceptors (Lipinski definition) is 2. The quantitative estimate of drug-likeness (QED) is 0.394. The molecule has 0 atom stereocenters. The topological polar surface area (TPSA) is 83.5 Å². The van der Waals surface area contributed by atoms with E-state index >= 15 is 0 Å². The van der Waals surface area contributed by atoms with Crippen LogP contribution >= 0.6 is 0 Å². The van der Waals surface area contributed by atoms with Crippen LogP contribution in [0.2, 0.25) is 0 Å². The maximum absolute atomic E-state index is 8.78. The number of carboxylic acid groups (broad SMARTS) is 1. The van der Waals surface area contributed by atoms with Gasteiger partial charge in [0, 0.05) is 6.61 Å². The number of carbonyl (C=O) groups is 1. The lowest BCUT2D eigenvalue weighted by Gasteiger charge is -1.61. The van der Waals surface area contributed by atoms with Crippen molar-refractivity contribution in [3.8, 4) is 0 Å². The predicted molar refractivity (Wildman–Crippen MR) is 25.0 cm³/mol. The van der Waals surface area contributed by atoms with Gasteiger partial charge in [-0.05, 0) is 6.92 Å². The van der Waals surface area contributed by atoms with Crippen LogP contribution in [-0.4, -0.2) is 22.9 Å². The third kappa shape index (κ3) is 92.0. The van der Waals surface area contributed by atoms with Gasteiger partial charge in [0.2, 0.25) is 0 Å². The summed E-state index contributed by atoms with van der Waals surface area (Å²) in [4.78, 5) is 8.78. The first-order valence-electron chi connectivity index (χ1n) is 1.74. The van der Waals surface area contributed by atoms with Crippen molar-refractivity contribution in [3.63, 3.8) is 0 Å². The van der Waals surface area contributed by atoms with Crippen LogP contribution in [0.4, 0.5) is 4.79 Å². The van der Waals surface area contributed by atoms with Gasteiger partial charge in [0.05, 0.1) is 0 Å². The van der Waals surface area contributed by atoms with Crippen LogP contribution in [-0.2, 0) is 0 Å². The second-order valence-electron chi connectivity index (χ2n) is 0.654. The summed E-state index contributed by atoms with van der Waals surface area (Å²) < 4.78 is 0. The first kappa shape index (κ1) is 9.52. The lowest BCUT2D eigenvalue weighted by Crippen LogP contribution is -2.03. The van der Waals surface area contributed by atoms with Crippen molar-refractivity contribution >= 4 is 6.09 Å². The average Bonchev–Trinajstić information content (AvgIpc) is 1.33. The Morgan fingerprint density at radius 2 is 1.86 bits per heavy atom. The van der Waals surface area contributed by atoms with Crippen molar-refractivity contribution < 1.29 is 15.0 Å². The Morgan fingerprint density at radius 3 is 1.86 bits per heavy atom. The van der Waals surface area contributed by atoms with Crippen molar-refractivity contribution in [2.75, 3.05) is 6.61 Å². The van der Waals surface area contributed by atoms with Crippen LogP contribution in [0.5, 0.6) is 0 Å². The highest BCUT2D eigenvalue weighted by atomic mass is 16.4.